The average Bonchev–Trinajstić information content (AvgIpc) is 2.33. The molecule has 0 unspecified atom stereocenters. The first-order valence-corrected chi connectivity index (χ1v) is 6.48. The molecule has 0 aromatic carbocycles. The lowest BCUT2D eigenvalue weighted by Crippen LogP contribution is -2.30. The van der Waals surface area contributed by atoms with Gasteiger partial charge < -0.3 is 15.0 Å². The molecule has 1 heterocycles. The van der Waals surface area contributed by atoms with Gasteiger partial charge in [0.15, 0.2) is 5.82 Å². The van der Waals surface area contributed by atoms with Crippen LogP contribution in [0.5, 0.6) is 0 Å². The number of nitrogens with one attached hydrogen (secondary N) is 1. The largest absolute Gasteiger partial charge is 0.377 e. The van der Waals surface area contributed by atoms with Gasteiger partial charge in [0.25, 0.3) is 0 Å². The van der Waals surface area contributed by atoms with Crippen LogP contribution in [0.25, 0.3) is 0 Å². The summed E-state index contributed by atoms with van der Waals surface area (Å²) in [6.07, 6.45) is 4.07. The second-order valence-corrected chi connectivity index (χ2v) is 4.89. The molecule has 1 N–H and O–H groups in total. The first-order valence-electron chi connectivity index (χ1n) is 6.48. The van der Waals surface area contributed by atoms with Gasteiger partial charge in [0.05, 0.1) is 0 Å². The number of aromatic nitrogens is 2. The van der Waals surface area contributed by atoms with Crippen LogP contribution in [0.15, 0.2) is 6.07 Å². The highest BCUT2D eigenvalue weighted by molar-refractivity contribution is 5.48. The quantitative estimate of drug-likeness (QED) is 0.835. The summed E-state index contributed by atoms with van der Waals surface area (Å²) in [5.74, 6) is 3.36. The van der Waals surface area contributed by atoms with Crippen LogP contribution in [0.3, 0.4) is 0 Å². The molecule has 1 fully saturated rings. The van der Waals surface area contributed by atoms with E-state index in [-0.39, 0.29) is 0 Å². The number of rotatable bonds is 6. The second kappa shape index (κ2) is 6.00. The van der Waals surface area contributed by atoms with Crippen molar-refractivity contribution >= 4 is 11.6 Å². The Morgan fingerprint density at radius 1 is 1.44 bits per heavy atom. The standard InChI is InChI=1S/C13H22N4O/c1-14-11-7-13(16-12(15-11)9-18-3)17(2)8-10-5-4-6-10/h7,10H,4-6,8-9H2,1-3H3,(H,14,15,16). The molecule has 0 spiro atoms. The van der Waals surface area contributed by atoms with Gasteiger partial charge in [-0.2, -0.15) is 0 Å². The van der Waals surface area contributed by atoms with Crippen LogP contribution in [-0.2, 0) is 11.3 Å². The van der Waals surface area contributed by atoms with Crippen LogP contribution >= 0.6 is 0 Å². The van der Waals surface area contributed by atoms with Gasteiger partial charge in [0, 0.05) is 33.8 Å². The van der Waals surface area contributed by atoms with Gasteiger partial charge in [0.1, 0.15) is 18.2 Å². The molecule has 1 saturated carbocycles. The van der Waals surface area contributed by atoms with Crippen LogP contribution in [0.4, 0.5) is 11.6 Å². The van der Waals surface area contributed by atoms with E-state index in [0.29, 0.717) is 6.61 Å². The summed E-state index contributed by atoms with van der Waals surface area (Å²) >= 11 is 0. The minimum atomic E-state index is 0.444. The number of methoxy groups -OCH3 is 1. The summed E-state index contributed by atoms with van der Waals surface area (Å²) in [6, 6.07) is 1.98. The zero-order chi connectivity index (χ0) is 13.0. The third-order valence-electron chi connectivity index (χ3n) is 3.44. The second-order valence-electron chi connectivity index (χ2n) is 4.89. The van der Waals surface area contributed by atoms with Gasteiger partial charge in [-0.3, -0.25) is 0 Å². The Morgan fingerprint density at radius 2 is 2.22 bits per heavy atom. The van der Waals surface area contributed by atoms with Crippen LogP contribution in [-0.4, -0.2) is 37.7 Å². The summed E-state index contributed by atoms with van der Waals surface area (Å²) in [5.41, 5.74) is 0. The summed E-state index contributed by atoms with van der Waals surface area (Å²) < 4.78 is 5.10. The topological polar surface area (TPSA) is 50.3 Å². The van der Waals surface area contributed by atoms with E-state index in [1.807, 2.05) is 13.1 Å². The highest BCUT2D eigenvalue weighted by Gasteiger charge is 2.20. The fraction of sp³-hybridized carbons (Fsp3) is 0.692. The minimum Gasteiger partial charge on any atom is -0.377 e. The third-order valence-corrected chi connectivity index (χ3v) is 3.44. The maximum absolute atomic E-state index is 5.10. The molecule has 1 aliphatic rings. The Kier molecular flexibility index (Phi) is 4.36. The van der Waals surface area contributed by atoms with Crippen LogP contribution in [0.1, 0.15) is 25.1 Å². The molecule has 5 nitrogen and oxygen atoms in total. The first kappa shape index (κ1) is 13.1. The Morgan fingerprint density at radius 3 is 2.78 bits per heavy atom. The van der Waals surface area contributed by atoms with Gasteiger partial charge >= 0.3 is 0 Å². The molecule has 0 radical (unpaired) electrons. The van der Waals surface area contributed by atoms with Gasteiger partial charge in [-0.25, -0.2) is 9.97 Å². The molecule has 0 bridgehead atoms. The average molecular weight is 250 g/mol. The molecule has 18 heavy (non-hydrogen) atoms. The monoisotopic (exact) mass is 250 g/mol. The smallest absolute Gasteiger partial charge is 0.158 e. The van der Waals surface area contributed by atoms with E-state index in [9.17, 15) is 0 Å². The fourth-order valence-electron chi connectivity index (χ4n) is 2.16. The third kappa shape index (κ3) is 3.10. The summed E-state index contributed by atoms with van der Waals surface area (Å²) in [5, 5.41) is 3.07. The summed E-state index contributed by atoms with van der Waals surface area (Å²) in [4.78, 5) is 11.1. The molecule has 0 amide bonds. The molecule has 2 rings (SSSR count). The molecule has 0 aliphatic heterocycles. The van der Waals surface area contributed by atoms with E-state index < -0.39 is 0 Å². The van der Waals surface area contributed by atoms with E-state index in [0.717, 1.165) is 29.9 Å². The van der Waals surface area contributed by atoms with Crippen molar-refractivity contribution in [3.8, 4) is 0 Å². The lowest BCUT2D eigenvalue weighted by atomic mass is 9.85. The number of nitrogens with zero attached hydrogens (tertiary/aromatic N) is 3. The molecule has 1 aromatic rings. The highest BCUT2D eigenvalue weighted by atomic mass is 16.5. The molecule has 100 valence electrons. The van der Waals surface area contributed by atoms with Crippen molar-refractivity contribution in [2.45, 2.75) is 25.9 Å². The van der Waals surface area contributed by atoms with Gasteiger partial charge in [-0.05, 0) is 18.8 Å². The number of anilines is 2. The predicted octanol–water partition coefficient (Wildman–Crippen LogP) is 1.90. The summed E-state index contributed by atoms with van der Waals surface area (Å²) in [6.45, 7) is 1.52. The normalized spacial score (nSPS) is 15.3. The van der Waals surface area contributed by atoms with Crippen molar-refractivity contribution in [2.75, 3.05) is 38.0 Å². The molecule has 1 aromatic heterocycles. The lowest BCUT2D eigenvalue weighted by Gasteiger charge is -2.30. The van der Waals surface area contributed by atoms with Crippen LogP contribution in [0.2, 0.25) is 0 Å². The number of hydrogen-bond donors (Lipinski definition) is 1. The molecular formula is C13H22N4O. The predicted molar refractivity (Wildman–Crippen MR) is 72.9 cm³/mol. The van der Waals surface area contributed by atoms with Crippen LogP contribution < -0.4 is 10.2 Å². The Hall–Kier alpha value is -1.36. The first-order chi connectivity index (χ1) is 8.72. The van der Waals surface area contributed by atoms with Gasteiger partial charge in [-0.15, -0.1) is 0 Å². The van der Waals surface area contributed by atoms with E-state index in [1.54, 1.807) is 7.11 Å². The molecule has 5 heteroatoms. The van der Waals surface area contributed by atoms with Gasteiger partial charge in [0.2, 0.25) is 0 Å². The fourth-order valence-corrected chi connectivity index (χ4v) is 2.16. The van der Waals surface area contributed by atoms with E-state index >= 15 is 0 Å². The number of ether oxygens (including phenoxy) is 1. The number of hydrogen-bond acceptors (Lipinski definition) is 5. The van der Waals surface area contributed by atoms with E-state index in [2.05, 4.69) is 27.2 Å². The zero-order valence-corrected chi connectivity index (χ0v) is 11.4. The van der Waals surface area contributed by atoms with Crippen molar-refractivity contribution in [3.05, 3.63) is 11.9 Å². The SMILES string of the molecule is CNc1cc(N(C)CC2CCC2)nc(COC)n1. The van der Waals surface area contributed by atoms with Crippen molar-refractivity contribution < 1.29 is 4.74 Å². The Labute approximate surface area is 109 Å². The molecule has 1 aliphatic carbocycles. The molecular weight excluding hydrogens is 228 g/mol. The lowest BCUT2D eigenvalue weighted by molar-refractivity contribution is 0.178. The van der Waals surface area contributed by atoms with E-state index in [1.165, 1.54) is 19.3 Å². The van der Waals surface area contributed by atoms with Crippen LogP contribution in [0, 0.1) is 5.92 Å². The van der Waals surface area contributed by atoms with E-state index in [4.69, 9.17) is 4.74 Å². The Balaban J connectivity index is 2.10. The van der Waals surface area contributed by atoms with Crippen molar-refractivity contribution in [1.82, 2.24) is 9.97 Å². The zero-order valence-electron chi connectivity index (χ0n) is 11.4. The van der Waals surface area contributed by atoms with Crippen molar-refractivity contribution in [3.63, 3.8) is 0 Å². The maximum Gasteiger partial charge on any atom is 0.158 e. The molecule has 0 saturated heterocycles. The Bertz CT molecular complexity index is 393. The maximum atomic E-state index is 5.10. The van der Waals surface area contributed by atoms with Gasteiger partial charge in [-0.1, -0.05) is 6.42 Å². The van der Waals surface area contributed by atoms with Crippen molar-refractivity contribution in [2.24, 2.45) is 5.92 Å². The molecule has 0 atom stereocenters. The minimum absolute atomic E-state index is 0.444. The summed E-state index contributed by atoms with van der Waals surface area (Å²) in [7, 11) is 5.62. The van der Waals surface area contributed by atoms with Crippen molar-refractivity contribution in [1.29, 1.82) is 0 Å². The highest BCUT2D eigenvalue weighted by Crippen LogP contribution is 2.28.